The van der Waals surface area contributed by atoms with Gasteiger partial charge in [0.1, 0.15) is 0 Å². The Balaban J connectivity index is 1.38. The molecule has 0 bridgehead atoms. The topological polar surface area (TPSA) is 45.7 Å². The lowest BCUT2D eigenvalue weighted by molar-refractivity contribution is -0.000951. The van der Waals surface area contributed by atoms with Crippen LogP contribution in [0.25, 0.3) is 10.9 Å². The first kappa shape index (κ1) is 17.4. The fourth-order valence-corrected chi connectivity index (χ4v) is 4.24. The zero-order chi connectivity index (χ0) is 17.9. The molecule has 2 fully saturated rings. The molecule has 2 aromatic rings. The first-order chi connectivity index (χ1) is 12.7. The molecule has 0 saturated carbocycles. The number of para-hydroxylation sites is 1. The number of carbonyl (C=O) groups excluding carboxylic acids is 1. The molecule has 0 aliphatic carbocycles. The summed E-state index contributed by atoms with van der Waals surface area (Å²) in [6.45, 7) is 7.76. The fourth-order valence-electron chi connectivity index (χ4n) is 4.24. The third-order valence-corrected chi connectivity index (χ3v) is 5.97. The molecule has 2 aliphatic heterocycles. The first-order valence-electron chi connectivity index (χ1n) is 9.68. The number of amides is 1. The lowest BCUT2D eigenvalue weighted by Gasteiger charge is -2.41. The third kappa shape index (κ3) is 3.60. The van der Waals surface area contributed by atoms with Crippen molar-refractivity contribution in [3.05, 3.63) is 42.1 Å². The van der Waals surface area contributed by atoms with E-state index in [2.05, 4.69) is 16.8 Å². The van der Waals surface area contributed by atoms with Gasteiger partial charge in [0.25, 0.3) is 5.91 Å². The molecule has 3 heterocycles. The minimum atomic E-state index is 0.112. The molecule has 1 amide bonds. The van der Waals surface area contributed by atoms with Crippen molar-refractivity contribution in [2.45, 2.75) is 25.8 Å². The number of morpholine rings is 1. The molecule has 1 aromatic heterocycles. The van der Waals surface area contributed by atoms with Crippen LogP contribution in [0.2, 0.25) is 0 Å². The Kier molecular flexibility index (Phi) is 5.18. The first-order valence-corrected chi connectivity index (χ1v) is 9.68. The van der Waals surface area contributed by atoms with Crippen molar-refractivity contribution < 1.29 is 9.53 Å². The average molecular weight is 353 g/mol. The highest BCUT2D eigenvalue weighted by Gasteiger charge is 2.30. The molecule has 4 rings (SSSR count). The SMILES string of the molecule is C[C@H](C1CCN(C(=O)c2cnc3ccccc3c2)CC1)N1CCOCC1. The Morgan fingerprint density at radius 2 is 1.88 bits per heavy atom. The van der Waals surface area contributed by atoms with E-state index in [-0.39, 0.29) is 5.91 Å². The molecule has 1 aromatic carbocycles. The zero-order valence-electron chi connectivity index (χ0n) is 15.4. The standard InChI is InChI=1S/C21H27N3O2/c1-16(23-10-12-26-13-11-23)17-6-8-24(9-7-17)21(25)19-14-18-4-2-3-5-20(18)22-15-19/h2-5,14-17H,6-13H2,1H3/t16-/m1/s1. The average Bonchev–Trinajstić information content (AvgIpc) is 2.73. The Labute approximate surface area is 154 Å². The van der Waals surface area contributed by atoms with Crippen LogP contribution in [-0.2, 0) is 4.74 Å². The number of nitrogens with zero attached hydrogens (tertiary/aromatic N) is 3. The van der Waals surface area contributed by atoms with Gasteiger partial charge in [0.05, 0.1) is 24.3 Å². The predicted octanol–water partition coefficient (Wildman–Crippen LogP) is 2.81. The van der Waals surface area contributed by atoms with E-state index in [1.54, 1.807) is 6.20 Å². The molecule has 0 N–H and O–H groups in total. The molecule has 5 nitrogen and oxygen atoms in total. The van der Waals surface area contributed by atoms with Crippen LogP contribution in [-0.4, -0.2) is 66.1 Å². The second-order valence-electron chi connectivity index (χ2n) is 7.44. The normalized spacial score (nSPS) is 21.0. The summed E-state index contributed by atoms with van der Waals surface area (Å²) in [7, 11) is 0. The van der Waals surface area contributed by atoms with Crippen molar-refractivity contribution in [2.75, 3.05) is 39.4 Å². The number of fused-ring (bicyclic) bond motifs is 1. The van der Waals surface area contributed by atoms with Crippen LogP contribution in [0, 0.1) is 5.92 Å². The minimum Gasteiger partial charge on any atom is -0.379 e. The van der Waals surface area contributed by atoms with Gasteiger partial charge in [-0.05, 0) is 37.8 Å². The summed E-state index contributed by atoms with van der Waals surface area (Å²) in [5.74, 6) is 0.771. The van der Waals surface area contributed by atoms with Crippen molar-refractivity contribution in [2.24, 2.45) is 5.92 Å². The molecule has 5 heteroatoms. The van der Waals surface area contributed by atoms with E-state index in [0.29, 0.717) is 17.5 Å². The summed E-state index contributed by atoms with van der Waals surface area (Å²) < 4.78 is 5.46. The van der Waals surface area contributed by atoms with Crippen LogP contribution < -0.4 is 0 Å². The van der Waals surface area contributed by atoms with Crippen molar-refractivity contribution in [3.63, 3.8) is 0 Å². The monoisotopic (exact) mass is 353 g/mol. The highest BCUT2D eigenvalue weighted by atomic mass is 16.5. The predicted molar refractivity (Wildman–Crippen MR) is 102 cm³/mol. The van der Waals surface area contributed by atoms with E-state index >= 15 is 0 Å². The van der Waals surface area contributed by atoms with Crippen LogP contribution in [0.15, 0.2) is 36.5 Å². The highest BCUT2D eigenvalue weighted by Crippen LogP contribution is 2.26. The van der Waals surface area contributed by atoms with E-state index in [1.165, 1.54) is 0 Å². The van der Waals surface area contributed by atoms with Gasteiger partial charge in [0.2, 0.25) is 0 Å². The van der Waals surface area contributed by atoms with Gasteiger partial charge in [-0.15, -0.1) is 0 Å². The Morgan fingerprint density at radius 3 is 2.65 bits per heavy atom. The molecule has 26 heavy (non-hydrogen) atoms. The van der Waals surface area contributed by atoms with Crippen LogP contribution >= 0.6 is 0 Å². The number of hydrogen-bond donors (Lipinski definition) is 0. The third-order valence-electron chi connectivity index (χ3n) is 5.97. The van der Waals surface area contributed by atoms with E-state index < -0.39 is 0 Å². The van der Waals surface area contributed by atoms with Crippen molar-refractivity contribution in [1.29, 1.82) is 0 Å². The molecular formula is C21H27N3O2. The summed E-state index contributed by atoms with van der Waals surface area (Å²) >= 11 is 0. The Bertz CT molecular complexity index is 765. The van der Waals surface area contributed by atoms with Gasteiger partial charge < -0.3 is 9.64 Å². The number of benzene rings is 1. The highest BCUT2D eigenvalue weighted by molar-refractivity contribution is 5.97. The molecule has 2 aliphatic rings. The van der Waals surface area contributed by atoms with E-state index in [0.717, 1.165) is 63.1 Å². The van der Waals surface area contributed by atoms with Crippen LogP contribution in [0.1, 0.15) is 30.1 Å². The number of carbonyl (C=O) groups is 1. The summed E-state index contributed by atoms with van der Waals surface area (Å²) in [6, 6.07) is 10.5. The number of ether oxygens (including phenoxy) is 1. The summed E-state index contributed by atoms with van der Waals surface area (Å²) in [4.78, 5) is 21.9. The lowest BCUT2D eigenvalue weighted by Crippen LogP contribution is -2.49. The molecular weight excluding hydrogens is 326 g/mol. The maximum absolute atomic E-state index is 12.9. The van der Waals surface area contributed by atoms with Crippen LogP contribution in [0.4, 0.5) is 0 Å². The summed E-state index contributed by atoms with van der Waals surface area (Å²) in [5, 5.41) is 1.02. The summed E-state index contributed by atoms with van der Waals surface area (Å²) in [5.41, 5.74) is 1.63. The van der Waals surface area contributed by atoms with E-state index in [1.807, 2.05) is 35.2 Å². The van der Waals surface area contributed by atoms with Gasteiger partial charge in [-0.1, -0.05) is 18.2 Å². The zero-order valence-corrected chi connectivity index (χ0v) is 15.4. The maximum Gasteiger partial charge on any atom is 0.255 e. The van der Waals surface area contributed by atoms with Gasteiger partial charge in [0.15, 0.2) is 0 Å². The maximum atomic E-state index is 12.9. The number of piperidine rings is 1. The van der Waals surface area contributed by atoms with Crippen LogP contribution in [0.3, 0.4) is 0 Å². The van der Waals surface area contributed by atoms with Crippen molar-refractivity contribution in [3.8, 4) is 0 Å². The second-order valence-corrected chi connectivity index (χ2v) is 7.44. The molecule has 0 radical (unpaired) electrons. The quantitative estimate of drug-likeness (QED) is 0.851. The number of likely N-dealkylation sites (tertiary alicyclic amines) is 1. The van der Waals surface area contributed by atoms with E-state index in [9.17, 15) is 4.79 Å². The van der Waals surface area contributed by atoms with E-state index in [4.69, 9.17) is 4.74 Å². The molecule has 138 valence electrons. The molecule has 2 saturated heterocycles. The molecule has 1 atom stereocenters. The minimum absolute atomic E-state index is 0.112. The summed E-state index contributed by atoms with van der Waals surface area (Å²) in [6.07, 6.45) is 3.86. The van der Waals surface area contributed by atoms with Gasteiger partial charge in [-0.3, -0.25) is 14.7 Å². The number of rotatable bonds is 3. The lowest BCUT2D eigenvalue weighted by atomic mass is 9.89. The van der Waals surface area contributed by atoms with Crippen molar-refractivity contribution in [1.82, 2.24) is 14.8 Å². The number of pyridine rings is 1. The Morgan fingerprint density at radius 1 is 1.15 bits per heavy atom. The fraction of sp³-hybridized carbons (Fsp3) is 0.524. The molecule has 0 spiro atoms. The van der Waals surface area contributed by atoms with Gasteiger partial charge in [0, 0.05) is 43.8 Å². The van der Waals surface area contributed by atoms with Gasteiger partial charge >= 0.3 is 0 Å². The van der Waals surface area contributed by atoms with Gasteiger partial charge in [-0.2, -0.15) is 0 Å². The second kappa shape index (κ2) is 7.72. The van der Waals surface area contributed by atoms with Crippen molar-refractivity contribution >= 4 is 16.8 Å². The Hall–Kier alpha value is -1.98. The van der Waals surface area contributed by atoms with Gasteiger partial charge in [-0.25, -0.2) is 0 Å². The largest absolute Gasteiger partial charge is 0.379 e. The smallest absolute Gasteiger partial charge is 0.255 e. The van der Waals surface area contributed by atoms with Crippen LogP contribution in [0.5, 0.6) is 0 Å². The number of aromatic nitrogens is 1. The number of hydrogen-bond acceptors (Lipinski definition) is 4. The molecule has 0 unspecified atom stereocenters.